The van der Waals surface area contributed by atoms with Crippen molar-refractivity contribution in [3.63, 3.8) is 0 Å². The summed E-state index contributed by atoms with van der Waals surface area (Å²) in [5.41, 5.74) is 3.07. The van der Waals surface area contributed by atoms with E-state index in [0.717, 1.165) is 5.69 Å². The molecule has 0 fully saturated rings. The molecule has 3 heteroatoms. The second kappa shape index (κ2) is 4.79. The molecule has 18 heavy (non-hydrogen) atoms. The zero-order valence-corrected chi connectivity index (χ0v) is 12.7. The molecule has 0 atom stereocenters. The topological polar surface area (TPSA) is 44.9 Å². The number of hydrogen-bond donors (Lipinski definition) is 2. The molecular weight excluding hydrogens is 224 g/mol. The minimum atomic E-state index is -0.0292. The van der Waals surface area contributed by atoms with Crippen LogP contribution in [0.5, 0.6) is 0 Å². The number of amides is 1. The van der Waals surface area contributed by atoms with Gasteiger partial charge < -0.3 is 10.3 Å². The summed E-state index contributed by atoms with van der Waals surface area (Å²) in [6.07, 6.45) is 0. The zero-order chi connectivity index (χ0) is 14.1. The van der Waals surface area contributed by atoms with Gasteiger partial charge in [-0.05, 0) is 24.0 Å². The minimum absolute atomic E-state index is 0.00730. The molecule has 0 unspecified atom stereocenters. The summed E-state index contributed by atoms with van der Waals surface area (Å²) >= 11 is 0. The third-order valence-corrected chi connectivity index (χ3v) is 2.96. The van der Waals surface area contributed by atoms with Crippen molar-refractivity contribution in [1.29, 1.82) is 0 Å². The Morgan fingerprint density at radius 3 is 2.06 bits per heavy atom. The van der Waals surface area contributed by atoms with Crippen molar-refractivity contribution in [3.8, 4) is 0 Å². The average molecular weight is 250 g/mol. The Morgan fingerprint density at radius 2 is 1.72 bits per heavy atom. The Kier molecular flexibility index (Phi) is 3.94. The van der Waals surface area contributed by atoms with Crippen molar-refractivity contribution < 1.29 is 4.79 Å². The SMILES string of the molecule is CCNC(=O)c1cc(C(C)(C)C)c(C(C)(C)C)[nH]1. The molecule has 0 aliphatic heterocycles. The maximum Gasteiger partial charge on any atom is 0.267 e. The lowest BCUT2D eigenvalue weighted by Gasteiger charge is -2.26. The molecule has 3 nitrogen and oxygen atoms in total. The summed E-state index contributed by atoms with van der Waals surface area (Å²) in [6.45, 7) is 15.6. The smallest absolute Gasteiger partial charge is 0.267 e. The Balaban J connectivity index is 3.29. The van der Waals surface area contributed by atoms with Gasteiger partial charge in [-0.2, -0.15) is 0 Å². The number of nitrogens with one attached hydrogen (secondary N) is 2. The first kappa shape index (κ1) is 14.8. The van der Waals surface area contributed by atoms with Gasteiger partial charge in [0.25, 0.3) is 5.91 Å². The molecule has 0 aliphatic carbocycles. The molecule has 0 bridgehead atoms. The Hall–Kier alpha value is -1.25. The van der Waals surface area contributed by atoms with E-state index in [-0.39, 0.29) is 16.7 Å². The third-order valence-electron chi connectivity index (χ3n) is 2.96. The fraction of sp³-hybridized carbons (Fsp3) is 0.667. The van der Waals surface area contributed by atoms with Crippen LogP contribution >= 0.6 is 0 Å². The van der Waals surface area contributed by atoms with Crippen molar-refractivity contribution in [2.75, 3.05) is 6.54 Å². The van der Waals surface area contributed by atoms with Gasteiger partial charge in [0, 0.05) is 17.7 Å². The first-order valence-electron chi connectivity index (χ1n) is 6.59. The van der Waals surface area contributed by atoms with Gasteiger partial charge in [0.15, 0.2) is 0 Å². The number of H-pyrrole nitrogens is 1. The molecule has 1 amide bonds. The van der Waals surface area contributed by atoms with E-state index in [1.54, 1.807) is 0 Å². The van der Waals surface area contributed by atoms with Gasteiger partial charge >= 0.3 is 0 Å². The van der Waals surface area contributed by atoms with Crippen LogP contribution in [0.1, 0.15) is 70.2 Å². The van der Waals surface area contributed by atoms with Crippen molar-refractivity contribution in [3.05, 3.63) is 23.0 Å². The lowest BCUT2D eigenvalue weighted by atomic mass is 9.79. The summed E-state index contributed by atoms with van der Waals surface area (Å²) in [5, 5.41) is 2.84. The molecule has 2 N–H and O–H groups in total. The Morgan fingerprint density at radius 1 is 1.17 bits per heavy atom. The molecule has 0 aliphatic rings. The predicted octanol–water partition coefficient (Wildman–Crippen LogP) is 3.36. The van der Waals surface area contributed by atoms with Crippen LogP contribution in [0.25, 0.3) is 0 Å². The highest BCUT2D eigenvalue weighted by Gasteiger charge is 2.28. The molecule has 1 rings (SSSR count). The van der Waals surface area contributed by atoms with E-state index in [2.05, 4.69) is 51.8 Å². The highest BCUT2D eigenvalue weighted by atomic mass is 16.1. The quantitative estimate of drug-likeness (QED) is 0.830. The van der Waals surface area contributed by atoms with Gasteiger partial charge in [-0.25, -0.2) is 0 Å². The van der Waals surface area contributed by atoms with Crippen molar-refractivity contribution in [2.24, 2.45) is 0 Å². The summed E-state index contributed by atoms with van der Waals surface area (Å²) in [4.78, 5) is 15.2. The second-order valence-corrected chi connectivity index (χ2v) is 6.83. The molecule has 0 saturated carbocycles. The standard InChI is InChI=1S/C15H26N2O/c1-8-16-13(18)11-9-10(14(2,3)4)12(17-11)15(5,6)7/h9,17H,8H2,1-7H3,(H,16,18). The number of aromatic amines is 1. The zero-order valence-electron chi connectivity index (χ0n) is 12.7. The molecule has 102 valence electrons. The normalized spacial score (nSPS) is 12.6. The highest BCUT2D eigenvalue weighted by Crippen LogP contribution is 2.34. The summed E-state index contributed by atoms with van der Waals surface area (Å²) in [6, 6.07) is 1.99. The van der Waals surface area contributed by atoms with Crippen LogP contribution in [0.3, 0.4) is 0 Å². The van der Waals surface area contributed by atoms with Gasteiger partial charge in [-0.3, -0.25) is 4.79 Å². The van der Waals surface area contributed by atoms with Crippen LogP contribution in [-0.2, 0) is 10.8 Å². The van der Waals surface area contributed by atoms with Crippen LogP contribution in [0, 0.1) is 0 Å². The molecule has 1 heterocycles. The van der Waals surface area contributed by atoms with Gasteiger partial charge in [-0.1, -0.05) is 41.5 Å². The largest absolute Gasteiger partial charge is 0.354 e. The number of hydrogen-bond acceptors (Lipinski definition) is 1. The van der Waals surface area contributed by atoms with E-state index >= 15 is 0 Å². The van der Waals surface area contributed by atoms with Crippen LogP contribution < -0.4 is 5.32 Å². The number of carbonyl (C=O) groups excluding carboxylic acids is 1. The number of rotatable bonds is 2. The van der Waals surface area contributed by atoms with Crippen LogP contribution in [-0.4, -0.2) is 17.4 Å². The summed E-state index contributed by atoms with van der Waals surface area (Å²) in [7, 11) is 0. The van der Waals surface area contributed by atoms with Gasteiger partial charge in [0.05, 0.1) is 0 Å². The molecule has 0 radical (unpaired) electrons. The van der Waals surface area contributed by atoms with Gasteiger partial charge in [0.2, 0.25) is 0 Å². The molecule has 0 aromatic carbocycles. The molecular formula is C15H26N2O. The fourth-order valence-corrected chi connectivity index (χ4v) is 2.02. The van der Waals surface area contributed by atoms with Crippen LogP contribution in [0.15, 0.2) is 6.07 Å². The Bertz CT molecular complexity index is 399. The highest BCUT2D eigenvalue weighted by molar-refractivity contribution is 5.93. The third kappa shape index (κ3) is 3.15. The Labute approximate surface area is 110 Å². The van der Waals surface area contributed by atoms with E-state index in [9.17, 15) is 4.79 Å². The fourth-order valence-electron chi connectivity index (χ4n) is 2.02. The molecule has 1 aromatic rings. The second-order valence-electron chi connectivity index (χ2n) is 6.83. The molecule has 1 aromatic heterocycles. The van der Waals surface area contributed by atoms with Crippen molar-refractivity contribution in [1.82, 2.24) is 10.3 Å². The summed E-state index contributed by atoms with van der Waals surface area (Å²) < 4.78 is 0. The van der Waals surface area contributed by atoms with Crippen LogP contribution in [0.4, 0.5) is 0 Å². The van der Waals surface area contributed by atoms with Crippen LogP contribution in [0.2, 0.25) is 0 Å². The molecule has 0 spiro atoms. The maximum atomic E-state index is 11.9. The monoisotopic (exact) mass is 250 g/mol. The number of aromatic nitrogens is 1. The first-order valence-corrected chi connectivity index (χ1v) is 6.59. The average Bonchev–Trinajstić information content (AvgIpc) is 2.60. The lowest BCUT2D eigenvalue weighted by molar-refractivity contribution is 0.0951. The first-order chi connectivity index (χ1) is 8.07. The van der Waals surface area contributed by atoms with E-state index in [0.29, 0.717) is 12.2 Å². The van der Waals surface area contributed by atoms with Gasteiger partial charge in [0.1, 0.15) is 5.69 Å². The minimum Gasteiger partial charge on any atom is -0.354 e. The van der Waals surface area contributed by atoms with Crippen molar-refractivity contribution >= 4 is 5.91 Å². The van der Waals surface area contributed by atoms with E-state index in [1.807, 2.05) is 13.0 Å². The van der Waals surface area contributed by atoms with E-state index in [4.69, 9.17) is 0 Å². The van der Waals surface area contributed by atoms with Gasteiger partial charge in [-0.15, -0.1) is 0 Å². The lowest BCUT2D eigenvalue weighted by Crippen LogP contribution is -2.23. The predicted molar refractivity (Wildman–Crippen MR) is 76.2 cm³/mol. The molecule has 0 saturated heterocycles. The maximum absolute atomic E-state index is 11.9. The van der Waals surface area contributed by atoms with Crippen molar-refractivity contribution in [2.45, 2.75) is 59.3 Å². The van der Waals surface area contributed by atoms with E-state index < -0.39 is 0 Å². The number of carbonyl (C=O) groups is 1. The van der Waals surface area contributed by atoms with E-state index in [1.165, 1.54) is 5.56 Å². The summed E-state index contributed by atoms with van der Waals surface area (Å²) in [5.74, 6) is -0.0292.